The standard InChI is InChI=1S/C15H21N3O6/c1-14(2,3)23-12(21)18(13(22)24-15(4,5)6)10-8-16-9(7-17-10)11(19)20/h7-8H,1-6H3,(H,19,20). The first kappa shape index (κ1) is 19.3. The molecule has 0 saturated carbocycles. The molecule has 24 heavy (non-hydrogen) atoms. The maximum absolute atomic E-state index is 12.3. The van der Waals surface area contributed by atoms with Gasteiger partial charge in [-0.2, -0.15) is 4.90 Å². The Hall–Kier alpha value is -2.71. The van der Waals surface area contributed by atoms with Gasteiger partial charge >= 0.3 is 18.2 Å². The van der Waals surface area contributed by atoms with Crippen molar-refractivity contribution in [3.63, 3.8) is 0 Å². The smallest absolute Gasteiger partial charge is 0.425 e. The first-order chi connectivity index (χ1) is 10.8. The van der Waals surface area contributed by atoms with Gasteiger partial charge in [0.15, 0.2) is 11.5 Å². The molecule has 0 aliphatic heterocycles. The van der Waals surface area contributed by atoms with E-state index in [2.05, 4.69) is 9.97 Å². The number of ether oxygens (including phenoxy) is 2. The van der Waals surface area contributed by atoms with E-state index in [1.54, 1.807) is 41.5 Å². The first-order valence-electron chi connectivity index (χ1n) is 7.11. The molecule has 0 aromatic carbocycles. The van der Waals surface area contributed by atoms with Crippen molar-refractivity contribution in [2.45, 2.75) is 52.7 Å². The summed E-state index contributed by atoms with van der Waals surface area (Å²) >= 11 is 0. The molecule has 9 heteroatoms. The topological polar surface area (TPSA) is 119 Å². The first-order valence-corrected chi connectivity index (χ1v) is 7.11. The highest BCUT2D eigenvalue weighted by Crippen LogP contribution is 2.19. The van der Waals surface area contributed by atoms with Crippen molar-refractivity contribution in [1.82, 2.24) is 9.97 Å². The average Bonchev–Trinajstić information content (AvgIpc) is 2.34. The van der Waals surface area contributed by atoms with Gasteiger partial charge in [-0.1, -0.05) is 0 Å². The normalized spacial score (nSPS) is 11.6. The number of carboxylic acids is 1. The molecular formula is C15H21N3O6. The molecule has 0 radical (unpaired) electrons. The van der Waals surface area contributed by atoms with Crippen molar-refractivity contribution in [1.29, 1.82) is 0 Å². The number of hydrogen-bond donors (Lipinski definition) is 1. The summed E-state index contributed by atoms with van der Waals surface area (Å²) in [5.41, 5.74) is -2.04. The summed E-state index contributed by atoms with van der Waals surface area (Å²) in [5.74, 6) is -1.49. The van der Waals surface area contributed by atoms with Crippen molar-refractivity contribution >= 4 is 24.0 Å². The highest BCUT2D eigenvalue weighted by molar-refractivity contribution is 6.08. The molecular weight excluding hydrogens is 318 g/mol. The molecule has 9 nitrogen and oxygen atoms in total. The van der Waals surface area contributed by atoms with Crippen LogP contribution in [0.5, 0.6) is 0 Å². The lowest BCUT2D eigenvalue weighted by Crippen LogP contribution is -2.44. The van der Waals surface area contributed by atoms with E-state index >= 15 is 0 Å². The molecule has 1 aromatic rings. The molecule has 1 aromatic heterocycles. The van der Waals surface area contributed by atoms with E-state index in [1.165, 1.54) is 0 Å². The van der Waals surface area contributed by atoms with Crippen LogP contribution in [-0.4, -0.2) is 44.4 Å². The predicted molar refractivity (Wildman–Crippen MR) is 83.9 cm³/mol. The van der Waals surface area contributed by atoms with E-state index in [0.717, 1.165) is 12.4 Å². The van der Waals surface area contributed by atoms with Gasteiger partial charge in [-0.25, -0.2) is 24.4 Å². The molecule has 0 unspecified atom stereocenters. The number of nitrogens with zero attached hydrogens (tertiary/aromatic N) is 3. The van der Waals surface area contributed by atoms with Crippen molar-refractivity contribution in [2.75, 3.05) is 4.90 Å². The van der Waals surface area contributed by atoms with Crippen LogP contribution >= 0.6 is 0 Å². The molecule has 0 saturated heterocycles. The molecule has 1 rings (SSSR count). The molecule has 1 heterocycles. The van der Waals surface area contributed by atoms with Crippen LogP contribution in [0.3, 0.4) is 0 Å². The summed E-state index contributed by atoms with van der Waals surface area (Å²) < 4.78 is 10.3. The molecule has 0 atom stereocenters. The minimum atomic E-state index is -1.28. The number of rotatable bonds is 2. The fourth-order valence-corrected chi connectivity index (χ4v) is 1.42. The minimum Gasteiger partial charge on any atom is -0.476 e. The Morgan fingerprint density at radius 3 is 1.67 bits per heavy atom. The number of carboxylic acid groups (broad SMARTS) is 1. The number of amides is 2. The Bertz CT molecular complexity index is 600. The Morgan fingerprint density at radius 2 is 1.38 bits per heavy atom. The Labute approximate surface area is 139 Å². The SMILES string of the molecule is CC(C)(C)OC(=O)N(C(=O)OC(C)(C)C)c1cnc(C(=O)O)cn1. The maximum Gasteiger partial charge on any atom is 0.425 e. The number of aromatic nitrogens is 2. The number of hydrogen-bond acceptors (Lipinski definition) is 7. The Kier molecular flexibility index (Phi) is 5.49. The Morgan fingerprint density at radius 1 is 0.917 bits per heavy atom. The lowest BCUT2D eigenvalue weighted by Gasteiger charge is -2.27. The van der Waals surface area contributed by atoms with Gasteiger partial charge in [-0.05, 0) is 41.5 Å². The lowest BCUT2D eigenvalue weighted by atomic mass is 10.2. The van der Waals surface area contributed by atoms with Crippen LogP contribution in [0.4, 0.5) is 15.4 Å². The largest absolute Gasteiger partial charge is 0.476 e. The zero-order chi connectivity index (χ0) is 18.7. The second-order valence-electron chi connectivity index (χ2n) is 6.86. The van der Waals surface area contributed by atoms with Crippen LogP contribution in [0.2, 0.25) is 0 Å². The van der Waals surface area contributed by atoms with Gasteiger partial charge in [-0.3, -0.25) is 0 Å². The van der Waals surface area contributed by atoms with Crippen molar-refractivity contribution in [3.8, 4) is 0 Å². The van der Waals surface area contributed by atoms with Crippen molar-refractivity contribution < 1.29 is 29.0 Å². The monoisotopic (exact) mass is 339 g/mol. The quantitative estimate of drug-likeness (QED) is 0.873. The number of imide groups is 1. The summed E-state index contributed by atoms with van der Waals surface area (Å²) in [5, 5.41) is 8.84. The van der Waals surface area contributed by atoms with E-state index in [1.807, 2.05) is 0 Å². The van der Waals surface area contributed by atoms with Crippen molar-refractivity contribution in [2.24, 2.45) is 0 Å². The molecule has 2 amide bonds. The summed E-state index contributed by atoms with van der Waals surface area (Å²) in [6, 6.07) is 0. The van der Waals surface area contributed by atoms with Crippen molar-refractivity contribution in [3.05, 3.63) is 18.1 Å². The van der Waals surface area contributed by atoms with E-state index in [0.29, 0.717) is 4.90 Å². The molecule has 0 aliphatic carbocycles. The van der Waals surface area contributed by atoms with Gasteiger partial charge in [0, 0.05) is 0 Å². The van der Waals surface area contributed by atoms with Gasteiger partial charge in [0.2, 0.25) is 0 Å². The third-order valence-electron chi connectivity index (χ3n) is 2.24. The van der Waals surface area contributed by atoms with Crippen LogP contribution in [0.1, 0.15) is 52.0 Å². The highest BCUT2D eigenvalue weighted by atomic mass is 16.6. The van der Waals surface area contributed by atoms with Gasteiger partial charge in [0.25, 0.3) is 0 Å². The van der Waals surface area contributed by atoms with E-state index in [9.17, 15) is 14.4 Å². The second-order valence-corrected chi connectivity index (χ2v) is 6.86. The fraction of sp³-hybridized carbons (Fsp3) is 0.533. The number of carbonyl (C=O) groups excluding carboxylic acids is 2. The third-order valence-corrected chi connectivity index (χ3v) is 2.24. The maximum atomic E-state index is 12.3. The molecule has 132 valence electrons. The molecule has 0 aliphatic rings. The van der Waals surface area contributed by atoms with E-state index < -0.39 is 29.4 Å². The van der Waals surface area contributed by atoms with E-state index in [4.69, 9.17) is 14.6 Å². The second kappa shape index (κ2) is 6.81. The molecule has 0 bridgehead atoms. The van der Waals surface area contributed by atoms with Crippen LogP contribution in [-0.2, 0) is 9.47 Å². The highest BCUT2D eigenvalue weighted by Gasteiger charge is 2.33. The summed E-state index contributed by atoms with van der Waals surface area (Å²) in [7, 11) is 0. The van der Waals surface area contributed by atoms with Crippen LogP contribution in [0.15, 0.2) is 12.4 Å². The minimum absolute atomic E-state index is 0.205. The fourth-order valence-electron chi connectivity index (χ4n) is 1.42. The third kappa shape index (κ3) is 5.82. The van der Waals surface area contributed by atoms with E-state index in [-0.39, 0.29) is 11.5 Å². The zero-order valence-electron chi connectivity index (χ0n) is 14.5. The lowest BCUT2D eigenvalue weighted by molar-refractivity contribution is 0.0428. The predicted octanol–water partition coefficient (Wildman–Crippen LogP) is 2.85. The summed E-state index contributed by atoms with van der Waals surface area (Å²) in [4.78, 5) is 43.5. The summed E-state index contributed by atoms with van der Waals surface area (Å²) in [6.45, 7) is 9.82. The summed E-state index contributed by atoms with van der Waals surface area (Å²) in [6.07, 6.45) is -0.0975. The molecule has 1 N–H and O–H groups in total. The number of carbonyl (C=O) groups is 3. The number of anilines is 1. The zero-order valence-corrected chi connectivity index (χ0v) is 14.5. The number of aromatic carboxylic acids is 1. The molecule has 0 fully saturated rings. The van der Waals surface area contributed by atoms with Crippen LogP contribution in [0.25, 0.3) is 0 Å². The van der Waals surface area contributed by atoms with Gasteiger partial charge in [-0.15, -0.1) is 0 Å². The molecule has 0 spiro atoms. The van der Waals surface area contributed by atoms with Gasteiger partial charge < -0.3 is 14.6 Å². The van der Waals surface area contributed by atoms with Crippen LogP contribution in [0, 0.1) is 0 Å². The van der Waals surface area contributed by atoms with Gasteiger partial charge in [0.1, 0.15) is 11.2 Å². The van der Waals surface area contributed by atoms with Crippen LogP contribution < -0.4 is 4.90 Å². The Balaban J connectivity index is 3.19. The average molecular weight is 339 g/mol. The van der Waals surface area contributed by atoms with Gasteiger partial charge in [0.05, 0.1) is 12.4 Å².